The first-order valence-electron chi connectivity index (χ1n) is 11.2. The van der Waals surface area contributed by atoms with Gasteiger partial charge in [0.1, 0.15) is 11.9 Å². The van der Waals surface area contributed by atoms with Crippen molar-refractivity contribution in [1.82, 2.24) is 19.8 Å². The van der Waals surface area contributed by atoms with Gasteiger partial charge in [0, 0.05) is 44.4 Å². The summed E-state index contributed by atoms with van der Waals surface area (Å²) in [5.41, 5.74) is 1.70. The van der Waals surface area contributed by atoms with Crippen molar-refractivity contribution in [2.45, 2.75) is 56.7 Å². The fourth-order valence-electron chi connectivity index (χ4n) is 4.61. The molecule has 0 radical (unpaired) electrons. The maximum absolute atomic E-state index is 12.7. The quantitative estimate of drug-likeness (QED) is 0.655. The number of ether oxygens (including phenoxy) is 2. The van der Waals surface area contributed by atoms with Gasteiger partial charge in [0.15, 0.2) is 0 Å². The Morgan fingerprint density at radius 1 is 1.12 bits per heavy atom. The van der Waals surface area contributed by atoms with Gasteiger partial charge in [0.05, 0.1) is 24.6 Å². The Labute approximate surface area is 189 Å². The van der Waals surface area contributed by atoms with Crippen LogP contribution in [-0.2, 0) is 11.3 Å². The van der Waals surface area contributed by atoms with Gasteiger partial charge in [-0.05, 0) is 30.5 Å². The molecule has 176 valence electrons. The number of carbonyl (C=O) groups is 1. The molecular formula is C23H25F3N4O3. The van der Waals surface area contributed by atoms with Crippen LogP contribution in [0.2, 0.25) is 0 Å². The first kappa shape index (κ1) is 21.9. The minimum absolute atomic E-state index is 0.0155. The Bertz CT molecular complexity index is 997. The van der Waals surface area contributed by atoms with Crippen molar-refractivity contribution >= 4 is 5.91 Å². The zero-order valence-electron chi connectivity index (χ0n) is 18.0. The third-order valence-electron chi connectivity index (χ3n) is 6.28. The summed E-state index contributed by atoms with van der Waals surface area (Å²) in [5, 5.41) is 0. The van der Waals surface area contributed by atoms with E-state index in [0.29, 0.717) is 56.4 Å². The number of fused-ring (bicyclic) bond motifs is 1. The standard InChI is InChI=1S/C23H25F3N4O3/c24-23(25,26)33-18-3-1-2-15(8-18)12-29-7-6-22(31)30-14-19(9-17(30)13-29)32-21-11-27-20(10-28-21)16-4-5-16/h1-3,8,10-11,16-17,19H,4-7,9,12-14H2/t17-,19+/m0/s1. The van der Waals surface area contributed by atoms with E-state index in [0.717, 1.165) is 18.5 Å². The van der Waals surface area contributed by atoms with E-state index in [4.69, 9.17) is 4.74 Å². The van der Waals surface area contributed by atoms with Crippen LogP contribution in [0.25, 0.3) is 0 Å². The van der Waals surface area contributed by atoms with Gasteiger partial charge in [-0.15, -0.1) is 13.2 Å². The highest BCUT2D eigenvalue weighted by Crippen LogP contribution is 2.38. The summed E-state index contributed by atoms with van der Waals surface area (Å²) in [6, 6.07) is 5.96. The van der Waals surface area contributed by atoms with Gasteiger partial charge in [-0.25, -0.2) is 4.98 Å². The predicted molar refractivity (Wildman–Crippen MR) is 112 cm³/mol. The molecule has 1 amide bonds. The minimum atomic E-state index is -4.73. The van der Waals surface area contributed by atoms with Crippen molar-refractivity contribution in [3.63, 3.8) is 0 Å². The molecular weight excluding hydrogens is 437 g/mol. The number of benzene rings is 1. The van der Waals surface area contributed by atoms with Gasteiger partial charge in [-0.3, -0.25) is 14.7 Å². The zero-order chi connectivity index (χ0) is 23.0. The lowest BCUT2D eigenvalue weighted by Crippen LogP contribution is -2.38. The van der Waals surface area contributed by atoms with Gasteiger partial charge >= 0.3 is 6.36 Å². The van der Waals surface area contributed by atoms with Crippen LogP contribution in [-0.4, -0.2) is 63.8 Å². The Kier molecular flexibility index (Phi) is 5.86. The normalized spacial score (nSPS) is 23.8. The lowest BCUT2D eigenvalue weighted by Gasteiger charge is -2.25. The summed E-state index contributed by atoms with van der Waals surface area (Å²) in [6.45, 7) is 2.11. The molecule has 2 aliphatic heterocycles. The van der Waals surface area contributed by atoms with Gasteiger partial charge in [0.25, 0.3) is 0 Å². The molecule has 10 heteroatoms. The molecule has 1 aromatic carbocycles. The molecule has 2 atom stereocenters. The second-order valence-corrected chi connectivity index (χ2v) is 8.91. The molecule has 2 saturated heterocycles. The topological polar surface area (TPSA) is 67.8 Å². The fourth-order valence-corrected chi connectivity index (χ4v) is 4.61. The van der Waals surface area contributed by atoms with Crippen molar-refractivity contribution in [3.05, 3.63) is 47.9 Å². The highest BCUT2D eigenvalue weighted by molar-refractivity contribution is 5.77. The average molecular weight is 462 g/mol. The van der Waals surface area contributed by atoms with Crippen molar-refractivity contribution in [1.29, 1.82) is 0 Å². The molecule has 33 heavy (non-hydrogen) atoms. The van der Waals surface area contributed by atoms with E-state index < -0.39 is 6.36 Å². The summed E-state index contributed by atoms with van der Waals surface area (Å²) < 4.78 is 47.6. The molecule has 1 aromatic heterocycles. The first-order valence-corrected chi connectivity index (χ1v) is 11.2. The molecule has 3 aliphatic rings. The Morgan fingerprint density at radius 2 is 1.97 bits per heavy atom. The van der Waals surface area contributed by atoms with Crippen LogP contribution in [0.4, 0.5) is 13.2 Å². The predicted octanol–water partition coefficient (Wildman–Crippen LogP) is 3.51. The van der Waals surface area contributed by atoms with Crippen molar-refractivity contribution < 1.29 is 27.4 Å². The lowest BCUT2D eigenvalue weighted by atomic mass is 10.1. The summed E-state index contributed by atoms with van der Waals surface area (Å²) in [7, 11) is 0. The number of aromatic nitrogens is 2. The smallest absolute Gasteiger partial charge is 0.471 e. The third-order valence-corrected chi connectivity index (χ3v) is 6.28. The highest BCUT2D eigenvalue weighted by Gasteiger charge is 2.39. The summed E-state index contributed by atoms with van der Waals surface area (Å²) in [6.07, 6.45) is 1.88. The van der Waals surface area contributed by atoms with Gasteiger partial charge in [-0.1, -0.05) is 12.1 Å². The largest absolute Gasteiger partial charge is 0.573 e. The Balaban J connectivity index is 1.20. The number of halogens is 3. The van der Waals surface area contributed by atoms with E-state index in [1.54, 1.807) is 24.5 Å². The molecule has 5 rings (SSSR count). The van der Waals surface area contributed by atoms with Crippen molar-refractivity contribution in [3.8, 4) is 11.6 Å². The van der Waals surface area contributed by atoms with Crippen LogP contribution in [0.15, 0.2) is 36.7 Å². The van der Waals surface area contributed by atoms with E-state index in [2.05, 4.69) is 19.6 Å². The molecule has 1 saturated carbocycles. The SMILES string of the molecule is O=C1CCN(Cc2cccc(OC(F)(F)F)c2)C[C@@H]2C[C@@H](Oc3cnc(C4CC4)cn3)CN12. The first-order chi connectivity index (χ1) is 15.8. The second kappa shape index (κ2) is 8.81. The van der Waals surface area contributed by atoms with E-state index >= 15 is 0 Å². The summed E-state index contributed by atoms with van der Waals surface area (Å²) in [5.74, 6) is 0.821. The van der Waals surface area contributed by atoms with Crippen molar-refractivity contribution in [2.24, 2.45) is 0 Å². The number of hydrogen-bond acceptors (Lipinski definition) is 6. The highest BCUT2D eigenvalue weighted by atomic mass is 19.4. The van der Waals surface area contributed by atoms with Crippen LogP contribution in [0.1, 0.15) is 42.9 Å². The zero-order valence-corrected chi connectivity index (χ0v) is 18.0. The van der Waals surface area contributed by atoms with Gasteiger partial charge in [-0.2, -0.15) is 0 Å². The summed E-state index contributed by atoms with van der Waals surface area (Å²) in [4.78, 5) is 25.5. The van der Waals surface area contributed by atoms with Crippen LogP contribution in [0.3, 0.4) is 0 Å². The maximum atomic E-state index is 12.7. The maximum Gasteiger partial charge on any atom is 0.573 e. The molecule has 0 N–H and O–H groups in total. The van der Waals surface area contributed by atoms with Gasteiger partial charge < -0.3 is 14.4 Å². The molecule has 0 bridgehead atoms. The van der Waals surface area contributed by atoms with Crippen LogP contribution >= 0.6 is 0 Å². The van der Waals surface area contributed by atoms with Crippen LogP contribution in [0, 0.1) is 0 Å². The average Bonchev–Trinajstić information content (AvgIpc) is 3.54. The van der Waals surface area contributed by atoms with E-state index in [1.807, 2.05) is 4.90 Å². The number of hydrogen-bond donors (Lipinski definition) is 0. The number of carbonyl (C=O) groups excluding carboxylic acids is 1. The number of rotatable bonds is 6. The minimum Gasteiger partial charge on any atom is -0.471 e. The van der Waals surface area contributed by atoms with Crippen LogP contribution in [0.5, 0.6) is 11.6 Å². The van der Waals surface area contributed by atoms with Gasteiger partial charge in [0.2, 0.25) is 11.8 Å². The Morgan fingerprint density at radius 3 is 2.70 bits per heavy atom. The Hall–Kier alpha value is -2.88. The number of alkyl halides is 3. The molecule has 1 aliphatic carbocycles. The van der Waals surface area contributed by atoms with E-state index in [-0.39, 0.29) is 23.8 Å². The molecule has 2 aromatic rings. The fraction of sp³-hybridized carbons (Fsp3) is 0.522. The van der Waals surface area contributed by atoms with E-state index in [1.165, 1.54) is 12.1 Å². The third kappa shape index (κ3) is 5.55. The molecule has 0 spiro atoms. The van der Waals surface area contributed by atoms with Crippen molar-refractivity contribution in [2.75, 3.05) is 19.6 Å². The van der Waals surface area contributed by atoms with Crippen LogP contribution < -0.4 is 9.47 Å². The molecule has 3 fully saturated rings. The molecule has 0 unspecified atom stereocenters. The number of amides is 1. The summed E-state index contributed by atoms with van der Waals surface area (Å²) >= 11 is 0. The second-order valence-electron chi connectivity index (χ2n) is 8.91. The molecule has 7 nitrogen and oxygen atoms in total. The lowest BCUT2D eigenvalue weighted by molar-refractivity contribution is -0.274. The molecule has 3 heterocycles. The monoisotopic (exact) mass is 462 g/mol. The van der Waals surface area contributed by atoms with E-state index in [9.17, 15) is 18.0 Å². The number of nitrogens with zero attached hydrogens (tertiary/aromatic N) is 4.